The third-order valence-electron chi connectivity index (χ3n) is 7.97. The Kier molecular flexibility index (Phi) is 9.73. The topological polar surface area (TPSA) is 29.1 Å². The average Bonchev–Trinajstić information content (AvgIpc) is 3.11. The van der Waals surface area contributed by atoms with Gasteiger partial charge in [0.1, 0.15) is 23.2 Å². The molecule has 6 aromatic rings. The molecule has 0 heterocycles. The predicted molar refractivity (Wildman–Crippen MR) is 192 cm³/mol. The molecule has 0 bridgehead atoms. The summed E-state index contributed by atoms with van der Waals surface area (Å²) in [5, 5.41) is 11.0. The summed E-state index contributed by atoms with van der Waals surface area (Å²) >= 11 is 0. The molecule has 0 atom stereocenters. The monoisotopic (exact) mass is 608 g/mol. The molecule has 0 saturated carbocycles. The van der Waals surface area contributed by atoms with Gasteiger partial charge in [0.15, 0.2) is 0 Å². The van der Waals surface area contributed by atoms with Crippen molar-refractivity contribution in [1.29, 1.82) is 0 Å². The van der Waals surface area contributed by atoms with Crippen LogP contribution in [-0.2, 0) is 0 Å². The lowest BCUT2D eigenvalue weighted by Crippen LogP contribution is -2.35. The number of rotatable bonds is 11. The molecule has 0 aromatic heterocycles. The van der Waals surface area contributed by atoms with Gasteiger partial charge < -0.3 is 5.32 Å². The van der Waals surface area contributed by atoms with Gasteiger partial charge in [-0.1, -0.05) is 133 Å². The Hall–Kier alpha value is -4.35. The Morgan fingerprint density at radius 2 is 0.886 bits per heavy atom. The summed E-state index contributed by atoms with van der Waals surface area (Å²) < 4.78 is 0. The van der Waals surface area contributed by atoms with Gasteiger partial charge in [-0.2, -0.15) is 0 Å². The number of carbonyl (C=O) groups is 1. The van der Waals surface area contributed by atoms with Crippen LogP contribution in [0.5, 0.6) is 0 Å². The lowest BCUT2D eigenvalue weighted by atomic mass is 10.2. The van der Waals surface area contributed by atoms with Gasteiger partial charge in [0, 0.05) is 12.1 Å². The fraction of sp³-hybridized carbons (Fsp3) is 0.0750. The first-order valence-electron chi connectivity index (χ1n) is 15.1. The van der Waals surface area contributed by atoms with E-state index in [4.69, 9.17) is 0 Å². The van der Waals surface area contributed by atoms with Crippen molar-refractivity contribution in [3.63, 3.8) is 0 Å². The standard InChI is InChI=1S/C40H35NOP2/c42-40(38-29-16-17-30-39(38)43(33-19-6-1-7-20-33)34-21-8-2-9-22-34)41-31-18-32-44(35-23-10-3-11-24-35,36-25-12-4-13-26-36)37-27-14-5-15-28-37/h1-17,19-30H,18,31-32H2/p+1. The van der Waals surface area contributed by atoms with E-state index in [1.54, 1.807) is 0 Å². The highest BCUT2D eigenvalue weighted by Crippen LogP contribution is 2.55. The third-order valence-corrected chi connectivity index (χ3v) is 15.0. The summed E-state index contributed by atoms with van der Waals surface area (Å²) in [5.41, 5.74) is 0.751. The molecule has 0 aliphatic rings. The number of hydrogen-bond donors (Lipinski definition) is 1. The summed E-state index contributed by atoms with van der Waals surface area (Å²) in [6, 6.07) is 62.0. The van der Waals surface area contributed by atoms with Crippen LogP contribution in [0.25, 0.3) is 0 Å². The number of nitrogens with one attached hydrogen (secondary N) is 1. The summed E-state index contributed by atoms with van der Waals surface area (Å²) in [7, 11) is -2.82. The molecule has 2 nitrogen and oxygen atoms in total. The van der Waals surface area contributed by atoms with Crippen LogP contribution < -0.4 is 37.1 Å². The van der Waals surface area contributed by atoms with Gasteiger partial charge in [0.05, 0.1) is 6.16 Å². The molecule has 216 valence electrons. The maximum atomic E-state index is 13.9. The van der Waals surface area contributed by atoms with E-state index in [9.17, 15) is 4.79 Å². The minimum atomic E-state index is -1.94. The quantitative estimate of drug-likeness (QED) is 0.131. The van der Waals surface area contributed by atoms with E-state index < -0.39 is 15.2 Å². The second-order valence-electron chi connectivity index (χ2n) is 10.7. The van der Waals surface area contributed by atoms with Crippen LogP contribution in [0.4, 0.5) is 0 Å². The highest BCUT2D eigenvalue weighted by atomic mass is 31.2. The van der Waals surface area contributed by atoms with Crippen molar-refractivity contribution in [2.45, 2.75) is 6.42 Å². The molecule has 4 heteroatoms. The molecule has 0 aliphatic carbocycles. The van der Waals surface area contributed by atoms with Crippen LogP contribution in [-0.4, -0.2) is 18.6 Å². The van der Waals surface area contributed by atoms with Crippen LogP contribution in [0.3, 0.4) is 0 Å². The van der Waals surface area contributed by atoms with Gasteiger partial charge >= 0.3 is 0 Å². The van der Waals surface area contributed by atoms with Crippen molar-refractivity contribution in [3.05, 3.63) is 181 Å². The normalized spacial score (nSPS) is 11.3. The van der Waals surface area contributed by atoms with E-state index in [1.807, 2.05) is 30.3 Å². The lowest BCUT2D eigenvalue weighted by molar-refractivity contribution is 0.0955. The average molecular weight is 609 g/mol. The van der Waals surface area contributed by atoms with Crippen molar-refractivity contribution in [3.8, 4) is 0 Å². The van der Waals surface area contributed by atoms with Crippen molar-refractivity contribution in [2.75, 3.05) is 12.7 Å². The molecule has 0 unspecified atom stereocenters. The maximum Gasteiger partial charge on any atom is 0.251 e. The van der Waals surface area contributed by atoms with E-state index >= 15 is 0 Å². The fourth-order valence-corrected chi connectivity index (χ4v) is 12.7. The van der Waals surface area contributed by atoms with Crippen LogP contribution in [0.2, 0.25) is 0 Å². The summed E-state index contributed by atoms with van der Waals surface area (Å²) in [4.78, 5) is 13.9. The van der Waals surface area contributed by atoms with Crippen LogP contribution in [0.15, 0.2) is 176 Å². The van der Waals surface area contributed by atoms with Gasteiger partial charge in [-0.25, -0.2) is 0 Å². The molecule has 6 aromatic carbocycles. The molecule has 6 rings (SSSR count). The number of hydrogen-bond acceptors (Lipinski definition) is 1. The third kappa shape index (κ3) is 6.44. The number of benzene rings is 6. The Morgan fingerprint density at radius 3 is 1.34 bits per heavy atom. The molecule has 0 spiro atoms. The van der Waals surface area contributed by atoms with Crippen molar-refractivity contribution < 1.29 is 4.79 Å². The van der Waals surface area contributed by atoms with Crippen molar-refractivity contribution >= 4 is 52.9 Å². The zero-order valence-electron chi connectivity index (χ0n) is 24.7. The molecular weight excluding hydrogens is 572 g/mol. The number of carbonyl (C=O) groups excluding carboxylic acids is 1. The first-order chi connectivity index (χ1) is 21.8. The molecule has 0 fully saturated rings. The largest absolute Gasteiger partial charge is 0.352 e. The number of amides is 1. The zero-order chi connectivity index (χ0) is 30.0. The molecule has 1 N–H and O–H groups in total. The Labute approximate surface area is 262 Å². The van der Waals surface area contributed by atoms with E-state index in [-0.39, 0.29) is 5.91 Å². The van der Waals surface area contributed by atoms with E-state index in [2.05, 4.69) is 151 Å². The first-order valence-corrected chi connectivity index (χ1v) is 18.4. The fourth-order valence-electron chi connectivity index (χ4n) is 5.94. The van der Waals surface area contributed by atoms with Gasteiger partial charge in [0.25, 0.3) is 5.91 Å². The lowest BCUT2D eigenvalue weighted by Gasteiger charge is -2.28. The van der Waals surface area contributed by atoms with E-state index in [0.717, 1.165) is 23.5 Å². The van der Waals surface area contributed by atoms with Crippen molar-refractivity contribution in [2.24, 2.45) is 0 Å². The molecule has 0 aliphatic heterocycles. The van der Waals surface area contributed by atoms with E-state index in [1.165, 1.54) is 26.5 Å². The van der Waals surface area contributed by atoms with Gasteiger partial charge in [-0.05, 0) is 72.7 Å². The molecule has 0 saturated heterocycles. The van der Waals surface area contributed by atoms with E-state index in [0.29, 0.717) is 6.54 Å². The zero-order valence-corrected chi connectivity index (χ0v) is 26.5. The first kappa shape index (κ1) is 29.7. The minimum Gasteiger partial charge on any atom is -0.352 e. The van der Waals surface area contributed by atoms with Gasteiger partial charge in [-0.15, -0.1) is 0 Å². The maximum absolute atomic E-state index is 13.9. The highest BCUT2D eigenvalue weighted by Gasteiger charge is 2.44. The Balaban J connectivity index is 1.27. The molecular formula is C40H36NOP2+. The Bertz CT molecular complexity index is 1630. The second kappa shape index (κ2) is 14.4. The van der Waals surface area contributed by atoms with Crippen LogP contribution in [0, 0.1) is 0 Å². The second-order valence-corrected chi connectivity index (χ2v) is 16.5. The highest BCUT2D eigenvalue weighted by molar-refractivity contribution is 7.95. The smallest absolute Gasteiger partial charge is 0.251 e. The summed E-state index contributed by atoms with van der Waals surface area (Å²) in [6.07, 6.45) is 1.83. The predicted octanol–water partition coefficient (Wildman–Crippen LogP) is 6.56. The minimum absolute atomic E-state index is 0.0111. The molecule has 44 heavy (non-hydrogen) atoms. The Morgan fingerprint density at radius 1 is 0.500 bits per heavy atom. The summed E-state index contributed by atoms with van der Waals surface area (Å²) in [6.45, 7) is 0.607. The molecule has 1 amide bonds. The SMILES string of the molecule is O=C(NCCC[P+](c1ccccc1)(c1ccccc1)c1ccccc1)c1ccccc1P(c1ccccc1)c1ccccc1. The van der Waals surface area contributed by atoms with Crippen molar-refractivity contribution in [1.82, 2.24) is 5.32 Å². The van der Waals surface area contributed by atoms with Crippen LogP contribution in [0.1, 0.15) is 16.8 Å². The van der Waals surface area contributed by atoms with Gasteiger partial charge in [0.2, 0.25) is 0 Å². The summed E-state index contributed by atoms with van der Waals surface area (Å²) in [5.74, 6) is -0.0111. The van der Waals surface area contributed by atoms with Gasteiger partial charge in [-0.3, -0.25) is 4.79 Å². The molecule has 0 radical (unpaired) electrons. The van der Waals surface area contributed by atoms with Crippen LogP contribution >= 0.6 is 15.2 Å².